The van der Waals surface area contributed by atoms with Gasteiger partial charge < -0.3 is 25.2 Å². The van der Waals surface area contributed by atoms with Crippen molar-refractivity contribution < 1.29 is 34.1 Å². The molecular weight excluding hydrogens is 476 g/mol. The lowest BCUT2D eigenvalue weighted by atomic mass is 9.86. The molecule has 0 aromatic heterocycles. The Hall–Kier alpha value is -3.46. The molecule has 0 spiro atoms. The second kappa shape index (κ2) is 11.7. The van der Waals surface area contributed by atoms with Gasteiger partial charge in [-0.15, -0.1) is 0 Å². The average Bonchev–Trinajstić information content (AvgIpc) is 3.19. The number of hydrogen-bond acceptors (Lipinski definition) is 6. The minimum Gasteiger partial charge on any atom is -0.481 e. The fraction of sp³-hybridized carbons (Fsp3) is 0.500. The summed E-state index contributed by atoms with van der Waals surface area (Å²) >= 11 is 0. The number of carboxylic acid groups (broad SMARTS) is 1. The standard InChI is InChI=1S/C28H34N2O7/c1-30(16-6-9-17-7-3-2-4-8-17)26(34)22(14-15-23(31)32)29-25(33)20-11-5-10-19-18(20)12-13-21-24(19)28(36)37-27(21)35/h5,10-13,17,22,28,36H,2-4,6-9,14-16H2,1H3,(H,29,33)(H,31,32)/t22-,28?/m0/s1. The molecule has 1 heterocycles. The highest BCUT2D eigenvalue weighted by Crippen LogP contribution is 2.36. The zero-order valence-corrected chi connectivity index (χ0v) is 21.1. The van der Waals surface area contributed by atoms with E-state index in [0.717, 1.165) is 12.8 Å². The van der Waals surface area contributed by atoms with Crippen LogP contribution < -0.4 is 5.32 Å². The Morgan fingerprint density at radius 3 is 2.59 bits per heavy atom. The number of cyclic esters (lactones) is 1. The number of nitrogens with zero attached hydrogens (tertiary/aromatic N) is 1. The Labute approximate surface area is 215 Å². The Kier molecular flexibility index (Phi) is 8.43. The first kappa shape index (κ1) is 26.6. The van der Waals surface area contributed by atoms with Gasteiger partial charge in [-0.05, 0) is 48.1 Å². The number of carboxylic acids is 1. The van der Waals surface area contributed by atoms with Gasteiger partial charge in [0.1, 0.15) is 6.04 Å². The van der Waals surface area contributed by atoms with E-state index in [-0.39, 0.29) is 29.9 Å². The Morgan fingerprint density at radius 1 is 1.11 bits per heavy atom. The van der Waals surface area contributed by atoms with E-state index in [1.54, 1.807) is 36.2 Å². The number of amides is 2. The van der Waals surface area contributed by atoms with Crippen molar-refractivity contribution in [2.75, 3.05) is 13.6 Å². The topological polar surface area (TPSA) is 133 Å². The molecule has 198 valence electrons. The number of aliphatic carboxylic acids is 1. The SMILES string of the molecule is CN(CCCC1CCCCC1)C(=O)[C@H](CCC(=O)O)NC(=O)c1cccc2c3c(ccc12)C(=O)OC3O. The number of nitrogens with one attached hydrogen (secondary N) is 1. The minimum atomic E-state index is -1.42. The summed E-state index contributed by atoms with van der Waals surface area (Å²) in [7, 11) is 1.68. The molecule has 1 saturated carbocycles. The van der Waals surface area contributed by atoms with Crippen molar-refractivity contribution >= 4 is 34.5 Å². The van der Waals surface area contributed by atoms with E-state index in [0.29, 0.717) is 28.8 Å². The number of ether oxygens (including phenoxy) is 1. The number of aliphatic hydroxyl groups excluding tert-OH is 1. The van der Waals surface area contributed by atoms with Crippen molar-refractivity contribution in [3.05, 3.63) is 47.0 Å². The summed E-state index contributed by atoms with van der Waals surface area (Å²) in [5.74, 6) is -1.85. The molecule has 2 aliphatic rings. The van der Waals surface area contributed by atoms with Gasteiger partial charge in [0.15, 0.2) is 0 Å². The van der Waals surface area contributed by atoms with Crippen LogP contribution in [0.2, 0.25) is 0 Å². The highest BCUT2D eigenvalue weighted by molar-refractivity contribution is 6.11. The van der Waals surface area contributed by atoms with Gasteiger partial charge in [0.05, 0.1) is 5.56 Å². The zero-order chi connectivity index (χ0) is 26.5. The van der Waals surface area contributed by atoms with E-state index in [9.17, 15) is 29.4 Å². The van der Waals surface area contributed by atoms with Crippen LogP contribution in [0.1, 0.15) is 90.4 Å². The van der Waals surface area contributed by atoms with Crippen molar-refractivity contribution in [2.45, 2.75) is 70.1 Å². The number of benzene rings is 2. The average molecular weight is 511 g/mol. The zero-order valence-electron chi connectivity index (χ0n) is 21.1. The van der Waals surface area contributed by atoms with Crippen molar-refractivity contribution in [3.8, 4) is 0 Å². The minimum absolute atomic E-state index is 0.0336. The van der Waals surface area contributed by atoms with Gasteiger partial charge in [-0.2, -0.15) is 0 Å². The third-order valence-corrected chi connectivity index (χ3v) is 7.49. The quantitative estimate of drug-likeness (QED) is 0.414. The molecule has 4 rings (SSSR count). The van der Waals surface area contributed by atoms with Crippen molar-refractivity contribution in [1.29, 1.82) is 0 Å². The van der Waals surface area contributed by atoms with Gasteiger partial charge in [0.25, 0.3) is 5.91 Å². The van der Waals surface area contributed by atoms with Crippen LogP contribution in [-0.4, -0.2) is 58.5 Å². The molecule has 2 aromatic carbocycles. The van der Waals surface area contributed by atoms with Crippen LogP contribution in [0.15, 0.2) is 30.3 Å². The molecule has 0 radical (unpaired) electrons. The molecule has 1 aliphatic carbocycles. The smallest absolute Gasteiger partial charge is 0.341 e. The number of esters is 1. The van der Waals surface area contributed by atoms with Crippen LogP contribution in [0, 0.1) is 5.92 Å². The Bertz CT molecular complexity index is 1190. The molecular formula is C28H34N2O7. The van der Waals surface area contributed by atoms with Crippen molar-refractivity contribution in [2.24, 2.45) is 5.92 Å². The molecule has 2 aromatic rings. The maximum absolute atomic E-state index is 13.3. The number of fused-ring (bicyclic) bond motifs is 3. The predicted octanol–water partition coefficient (Wildman–Crippen LogP) is 3.78. The lowest BCUT2D eigenvalue weighted by molar-refractivity contribution is -0.137. The van der Waals surface area contributed by atoms with Crippen molar-refractivity contribution in [3.63, 3.8) is 0 Å². The number of hydrogen-bond donors (Lipinski definition) is 3. The number of likely N-dealkylation sites (N-methyl/N-ethyl adjacent to an activating group) is 1. The van der Waals surface area contributed by atoms with E-state index in [1.165, 1.54) is 38.2 Å². The van der Waals surface area contributed by atoms with Crippen LogP contribution in [0.5, 0.6) is 0 Å². The van der Waals surface area contributed by atoms with Gasteiger partial charge in [-0.3, -0.25) is 14.4 Å². The molecule has 1 fully saturated rings. The van der Waals surface area contributed by atoms with E-state index >= 15 is 0 Å². The van der Waals surface area contributed by atoms with Crippen molar-refractivity contribution in [1.82, 2.24) is 10.2 Å². The number of carbonyl (C=O) groups is 4. The molecule has 2 amide bonds. The largest absolute Gasteiger partial charge is 0.481 e. The first-order valence-corrected chi connectivity index (χ1v) is 13.0. The van der Waals surface area contributed by atoms with E-state index < -0.39 is 30.2 Å². The predicted molar refractivity (Wildman–Crippen MR) is 136 cm³/mol. The summed E-state index contributed by atoms with van der Waals surface area (Å²) in [6.07, 6.45) is 6.51. The third kappa shape index (κ3) is 6.10. The fourth-order valence-electron chi connectivity index (χ4n) is 5.48. The molecule has 0 saturated heterocycles. The molecule has 0 bridgehead atoms. The van der Waals surface area contributed by atoms with Gasteiger partial charge in [-0.25, -0.2) is 4.79 Å². The molecule has 3 N–H and O–H groups in total. The normalized spacial score (nSPS) is 18.2. The van der Waals surface area contributed by atoms with Crippen LogP contribution in [-0.2, 0) is 14.3 Å². The highest BCUT2D eigenvalue weighted by atomic mass is 16.6. The Morgan fingerprint density at radius 2 is 1.86 bits per heavy atom. The molecule has 37 heavy (non-hydrogen) atoms. The van der Waals surface area contributed by atoms with Crippen LogP contribution in [0.3, 0.4) is 0 Å². The van der Waals surface area contributed by atoms with Gasteiger partial charge in [0.2, 0.25) is 12.2 Å². The molecule has 9 nitrogen and oxygen atoms in total. The van der Waals surface area contributed by atoms with E-state index in [2.05, 4.69) is 5.32 Å². The van der Waals surface area contributed by atoms with Crippen LogP contribution >= 0.6 is 0 Å². The summed E-state index contributed by atoms with van der Waals surface area (Å²) in [4.78, 5) is 51.3. The van der Waals surface area contributed by atoms with Crippen LogP contribution in [0.25, 0.3) is 10.8 Å². The first-order valence-electron chi connectivity index (χ1n) is 13.0. The molecule has 1 aliphatic heterocycles. The summed E-state index contributed by atoms with van der Waals surface area (Å²) in [6.45, 7) is 0.543. The summed E-state index contributed by atoms with van der Waals surface area (Å²) in [6, 6.07) is 7.00. The second-order valence-corrected chi connectivity index (χ2v) is 10.0. The summed E-state index contributed by atoms with van der Waals surface area (Å²) < 4.78 is 4.90. The van der Waals surface area contributed by atoms with Gasteiger partial charge in [-0.1, -0.05) is 50.3 Å². The lowest BCUT2D eigenvalue weighted by Gasteiger charge is -2.26. The van der Waals surface area contributed by atoms with Crippen LogP contribution in [0.4, 0.5) is 0 Å². The van der Waals surface area contributed by atoms with Gasteiger partial charge >= 0.3 is 11.9 Å². The summed E-state index contributed by atoms with van der Waals surface area (Å²) in [5.41, 5.74) is 0.787. The second-order valence-electron chi connectivity index (χ2n) is 10.0. The van der Waals surface area contributed by atoms with E-state index in [4.69, 9.17) is 4.74 Å². The van der Waals surface area contributed by atoms with Gasteiger partial charge in [0, 0.05) is 31.1 Å². The lowest BCUT2D eigenvalue weighted by Crippen LogP contribution is -2.48. The third-order valence-electron chi connectivity index (χ3n) is 7.49. The number of rotatable bonds is 10. The number of aliphatic hydroxyl groups is 1. The molecule has 2 atom stereocenters. The number of carbonyl (C=O) groups excluding carboxylic acids is 3. The molecule has 9 heteroatoms. The monoisotopic (exact) mass is 510 g/mol. The fourth-order valence-corrected chi connectivity index (χ4v) is 5.48. The van der Waals surface area contributed by atoms with E-state index in [1.807, 2.05) is 0 Å². The highest BCUT2D eigenvalue weighted by Gasteiger charge is 2.32. The Balaban J connectivity index is 1.48. The maximum Gasteiger partial charge on any atom is 0.341 e. The summed E-state index contributed by atoms with van der Waals surface area (Å²) in [5, 5.41) is 23.1. The maximum atomic E-state index is 13.3. The first-order chi connectivity index (χ1) is 17.8. The molecule has 1 unspecified atom stereocenters.